The minimum Gasteiger partial charge on any atom is -0.484 e. The number of hydrogen-bond acceptors (Lipinski definition) is 3. The molecule has 0 spiro atoms. The Balaban J connectivity index is 1.91. The van der Waals surface area contributed by atoms with Crippen molar-refractivity contribution in [2.24, 2.45) is 0 Å². The van der Waals surface area contributed by atoms with E-state index >= 15 is 0 Å². The lowest BCUT2D eigenvalue weighted by Gasteiger charge is -2.41. The predicted molar refractivity (Wildman–Crippen MR) is 91.8 cm³/mol. The topological polar surface area (TPSA) is 38.8 Å². The van der Waals surface area contributed by atoms with Crippen LogP contribution < -0.4 is 4.74 Å². The molecule has 1 saturated heterocycles. The molecule has 0 saturated carbocycles. The van der Waals surface area contributed by atoms with E-state index in [0.29, 0.717) is 13.1 Å². The maximum absolute atomic E-state index is 12.4. The third kappa shape index (κ3) is 4.96. The molecular weight excluding hydrogens is 290 g/mol. The van der Waals surface area contributed by atoms with Gasteiger partial charge in [-0.15, -0.1) is 0 Å². The van der Waals surface area contributed by atoms with Crippen LogP contribution >= 0.6 is 0 Å². The Morgan fingerprint density at radius 1 is 1.30 bits per heavy atom. The summed E-state index contributed by atoms with van der Waals surface area (Å²) in [6, 6.07) is 7.97. The van der Waals surface area contributed by atoms with Crippen molar-refractivity contribution in [1.29, 1.82) is 0 Å². The van der Waals surface area contributed by atoms with E-state index in [-0.39, 0.29) is 29.6 Å². The number of carbonyl (C=O) groups is 1. The molecule has 0 aromatic heterocycles. The van der Waals surface area contributed by atoms with Gasteiger partial charge in [-0.1, -0.05) is 32.9 Å². The van der Waals surface area contributed by atoms with Crippen LogP contribution in [0.3, 0.4) is 0 Å². The maximum atomic E-state index is 12.4. The number of carbonyl (C=O) groups excluding carboxylic acids is 1. The summed E-state index contributed by atoms with van der Waals surface area (Å²) in [5, 5.41) is 0. The largest absolute Gasteiger partial charge is 0.484 e. The lowest BCUT2D eigenvalue weighted by molar-refractivity contribution is -0.159. The van der Waals surface area contributed by atoms with E-state index in [9.17, 15) is 4.79 Å². The molecule has 1 aliphatic rings. The minimum atomic E-state index is -0.304. The third-order valence-electron chi connectivity index (χ3n) is 4.00. The average Bonchev–Trinajstić information content (AvgIpc) is 2.42. The Bertz CT molecular complexity index is 543. The van der Waals surface area contributed by atoms with Crippen molar-refractivity contribution in [3.63, 3.8) is 0 Å². The maximum Gasteiger partial charge on any atom is 0.260 e. The van der Waals surface area contributed by atoms with E-state index in [4.69, 9.17) is 9.47 Å². The van der Waals surface area contributed by atoms with Gasteiger partial charge >= 0.3 is 0 Å². The molecule has 1 aromatic rings. The Kier molecular flexibility index (Phi) is 5.04. The van der Waals surface area contributed by atoms with E-state index < -0.39 is 0 Å². The Morgan fingerprint density at radius 2 is 1.91 bits per heavy atom. The van der Waals surface area contributed by atoms with Crippen LogP contribution in [-0.4, -0.2) is 42.2 Å². The van der Waals surface area contributed by atoms with Gasteiger partial charge in [0.15, 0.2) is 6.61 Å². The van der Waals surface area contributed by atoms with Crippen molar-refractivity contribution >= 4 is 5.91 Å². The van der Waals surface area contributed by atoms with Gasteiger partial charge in [0.25, 0.3) is 5.91 Å². The predicted octanol–water partition coefficient (Wildman–Crippen LogP) is 3.39. The van der Waals surface area contributed by atoms with Gasteiger partial charge in [0, 0.05) is 13.1 Å². The van der Waals surface area contributed by atoms with Crippen molar-refractivity contribution in [3.05, 3.63) is 29.8 Å². The second kappa shape index (κ2) is 6.52. The fourth-order valence-corrected chi connectivity index (χ4v) is 2.93. The van der Waals surface area contributed by atoms with E-state index in [1.165, 1.54) is 5.56 Å². The first kappa shape index (κ1) is 17.8. The quantitative estimate of drug-likeness (QED) is 0.857. The first-order valence-electron chi connectivity index (χ1n) is 8.26. The fraction of sp³-hybridized carbons (Fsp3) is 0.632. The number of hydrogen-bond donors (Lipinski definition) is 0. The fourth-order valence-electron chi connectivity index (χ4n) is 2.93. The molecule has 1 heterocycles. The Hall–Kier alpha value is -1.55. The molecular formula is C19H29NO3. The lowest BCUT2D eigenvalue weighted by Crippen LogP contribution is -2.54. The second-order valence-electron chi connectivity index (χ2n) is 8.03. The van der Waals surface area contributed by atoms with Gasteiger partial charge in [-0.2, -0.15) is 0 Å². The van der Waals surface area contributed by atoms with E-state index in [2.05, 4.69) is 32.9 Å². The highest BCUT2D eigenvalue weighted by Crippen LogP contribution is 2.24. The van der Waals surface area contributed by atoms with Crippen molar-refractivity contribution in [2.45, 2.75) is 58.7 Å². The van der Waals surface area contributed by atoms with Crippen LogP contribution in [0.5, 0.6) is 5.75 Å². The van der Waals surface area contributed by atoms with Crippen molar-refractivity contribution in [3.8, 4) is 5.75 Å². The van der Waals surface area contributed by atoms with Gasteiger partial charge in [-0.05, 0) is 43.9 Å². The van der Waals surface area contributed by atoms with Gasteiger partial charge in [0.1, 0.15) is 5.75 Å². The molecule has 0 bridgehead atoms. The number of amides is 1. The highest BCUT2D eigenvalue weighted by Gasteiger charge is 2.33. The summed E-state index contributed by atoms with van der Waals surface area (Å²) < 4.78 is 11.5. The standard InChI is InChI=1S/C19H29NO3/c1-14-11-20(13-19(5,6)23-14)17(21)12-22-16-9-7-15(8-10-16)18(2,3)4/h7-10,14H,11-13H2,1-6H3. The number of benzene rings is 1. The number of rotatable bonds is 3. The number of nitrogens with zero attached hydrogens (tertiary/aromatic N) is 1. The summed E-state index contributed by atoms with van der Waals surface area (Å²) in [5.41, 5.74) is 1.06. The molecule has 0 N–H and O–H groups in total. The monoisotopic (exact) mass is 319 g/mol. The number of ether oxygens (including phenoxy) is 2. The highest BCUT2D eigenvalue weighted by atomic mass is 16.5. The lowest BCUT2D eigenvalue weighted by atomic mass is 9.87. The van der Waals surface area contributed by atoms with Crippen LogP contribution in [-0.2, 0) is 14.9 Å². The molecule has 4 nitrogen and oxygen atoms in total. The van der Waals surface area contributed by atoms with Crippen LogP contribution in [0.2, 0.25) is 0 Å². The molecule has 1 atom stereocenters. The molecule has 4 heteroatoms. The van der Waals surface area contributed by atoms with Crippen LogP contribution in [0.1, 0.15) is 47.1 Å². The van der Waals surface area contributed by atoms with Gasteiger partial charge in [0.2, 0.25) is 0 Å². The molecule has 128 valence electrons. The molecule has 1 fully saturated rings. The van der Waals surface area contributed by atoms with Crippen LogP contribution in [0, 0.1) is 0 Å². The second-order valence-corrected chi connectivity index (χ2v) is 8.03. The highest BCUT2D eigenvalue weighted by molar-refractivity contribution is 5.78. The molecule has 2 rings (SSSR count). The summed E-state index contributed by atoms with van der Waals surface area (Å²) in [6.45, 7) is 13.8. The minimum absolute atomic E-state index is 0.00752. The zero-order chi connectivity index (χ0) is 17.3. The van der Waals surface area contributed by atoms with Crippen LogP contribution in [0.15, 0.2) is 24.3 Å². The summed E-state index contributed by atoms with van der Waals surface area (Å²) in [7, 11) is 0. The van der Waals surface area contributed by atoms with Gasteiger partial charge < -0.3 is 14.4 Å². The molecule has 23 heavy (non-hydrogen) atoms. The van der Waals surface area contributed by atoms with Gasteiger partial charge in [0.05, 0.1) is 11.7 Å². The summed E-state index contributed by atoms with van der Waals surface area (Å²) in [5.74, 6) is 0.736. The summed E-state index contributed by atoms with van der Waals surface area (Å²) in [4.78, 5) is 14.2. The third-order valence-corrected chi connectivity index (χ3v) is 4.00. The SMILES string of the molecule is CC1CN(C(=O)COc2ccc(C(C)(C)C)cc2)CC(C)(C)O1. The first-order valence-corrected chi connectivity index (χ1v) is 8.26. The van der Waals surface area contributed by atoms with Crippen molar-refractivity contribution in [1.82, 2.24) is 4.90 Å². The van der Waals surface area contributed by atoms with Gasteiger partial charge in [-0.3, -0.25) is 4.79 Å². The van der Waals surface area contributed by atoms with Crippen molar-refractivity contribution in [2.75, 3.05) is 19.7 Å². The molecule has 0 aliphatic carbocycles. The summed E-state index contributed by atoms with van der Waals surface area (Å²) in [6.07, 6.45) is 0.0498. The Morgan fingerprint density at radius 3 is 2.43 bits per heavy atom. The first-order chi connectivity index (χ1) is 10.6. The van der Waals surface area contributed by atoms with E-state index in [1.807, 2.05) is 37.8 Å². The van der Waals surface area contributed by atoms with Crippen LogP contribution in [0.25, 0.3) is 0 Å². The Labute approximate surface area is 139 Å². The zero-order valence-electron chi connectivity index (χ0n) is 15.2. The zero-order valence-corrected chi connectivity index (χ0v) is 15.2. The molecule has 1 aliphatic heterocycles. The molecule has 1 aromatic carbocycles. The van der Waals surface area contributed by atoms with Crippen LogP contribution in [0.4, 0.5) is 0 Å². The van der Waals surface area contributed by atoms with Gasteiger partial charge in [-0.25, -0.2) is 0 Å². The van der Waals surface area contributed by atoms with E-state index in [0.717, 1.165) is 5.75 Å². The molecule has 1 amide bonds. The van der Waals surface area contributed by atoms with Crippen molar-refractivity contribution < 1.29 is 14.3 Å². The van der Waals surface area contributed by atoms with E-state index in [1.54, 1.807) is 0 Å². The average molecular weight is 319 g/mol. The smallest absolute Gasteiger partial charge is 0.260 e. The molecule has 0 radical (unpaired) electrons. The molecule has 1 unspecified atom stereocenters. The number of morpholine rings is 1. The summed E-state index contributed by atoms with van der Waals surface area (Å²) >= 11 is 0. The normalized spacial score (nSPS) is 21.1.